The Hall–Kier alpha value is -1.94. The van der Waals surface area contributed by atoms with E-state index in [0.717, 1.165) is 6.07 Å². The van der Waals surface area contributed by atoms with Gasteiger partial charge in [0, 0.05) is 11.5 Å². The summed E-state index contributed by atoms with van der Waals surface area (Å²) in [6, 6.07) is 6.89. The minimum Gasteiger partial charge on any atom is -0.421 e. The number of fused-ring (bicyclic) bond motifs is 2. The number of pyridine rings is 1. The van der Waals surface area contributed by atoms with E-state index < -0.39 is 5.63 Å². The number of hydrogen-bond acceptors (Lipinski definition) is 3. The third-order valence-corrected chi connectivity index (χ3v) is 2.71. The average Bonchev–Trinajstić information content (AvgIpc) is 2.26. The van der Waals surface area contributed by atoms with Gasteiger partial charge in [-0.05, 0) is 24.3 Å². The van der Waals surface area contributed by atoms with Gasteiger partial charge in [-0.2, -0.15) is 0 Å². The van der Waals surface area contributed by atoms with Crippen LogP contribution in [-0.2, 0) is 0 Å². The Morgan fingerprint density at radius 3 is 2.88 bits per heavy atom. The third kappa shape index (κ3) is 1.66. The highest BCUT2D eigenvalue weighted by molar-refractivity contribution is 6.34. The largest absolute Gasteiger partial charge is 0.421 e. The van der Waals surface area contributed by atoms with E-state index in [1.165, 1.54) is 12.1 Å². The molecule has 0 aliphatic carbocycles. The van der Waals surface area contributed by atoms with Crippen molar-refractivity contribution in [2.45, 2.75) is 0 Å². The van der Waals surface area contributed by atoms with E-state index in [9.17, 15) is 9.18 Å². The van der Waals surface area contributed by atoms with Crippen LogP contribution in [0.2, 0.25) is 5.02 Å². The maximum absolute atomic E-state index is 13.0. The number of nitrogens with zero attached hydrogens (tertiary/aromatic N) is 1. The molecule has 2 heterocycles. The van der Waals surface area contributed by atoms with E-state index in [4.69, 9.17) is 16.0 Å². The van der Waals surface area contributed by atoms with Crippen molar-refractivity contribution in [2.24, 2.45) is 0 Å². The first-order chi connectivity index (χ1) is 8.13. The molecule has 3 nitrogen and oxygen atoms in total. The zero-order valence-corrected chi connectivity index (χ0v) is 9.16. The van der Waals surface area contributed by atoms with E-state index in [0.29, 0.717) is 16.4 Å². The quantitative estimate of drug-likeness (QED) is 0.575. The first-order valence-electron chi connectivity index (χ1n) is 4.83. The van der Waals surface area contributed by atoms with Gasteiger partial charge in [0.25, 0.3) is 0 Å². The van der Waals surface area contributed by atoms with Gasteiger partial charge in [-0.3, -0.25) is 0 Å². The third-order valence-electron chi connectivity index (χ3n) is 2.42. The molecule has 0 saturated heterocycles. The van der Waals surface area contributed by atoms with E-state index in [-0.39, 0.29) is 16.4 Å². The predicted molar refractivity (Wildman–Crippen MR) is 62.8 cm³/mol. The fourth-order valence-electron chi connectivity index (χ4n) is 1.69. The number of aromatic nitrogens is 1. The lowest BCUT2D eigenvalue weighted by Crippen LogP contribution is -1.97. The minimum absolute atomic E-state index is 0.225. The number of halogens is 2. The second-order valence-electron chi connectivity index (χ2n) is 3.59. The molecule has 5 heteroatoms. The van der Waals surface area contributed by atoms with E-state index >= 15 is 0 Å². The molecule has 84 valence electrons. The van der Waals surface area contributed by atoms with Crippen molar-refractivity contribution in [1.29, 1.82) is 0 Å². The van der Waals surface area contributed by atoms with Gasteiger partial charge in [-0.15, -0.1) is 0 Å². The van der Waals surface area contributed by atoms with Gasteiger partial charge in [0.1, 0.15) is 11.3 Å². The number of benzene rings is 1. The van der Waals surface area contributed by atoms with Crippen molar-refractivity contribution in [3.8, 4) is 0 Å². The van der Waals surface area contributed by atoms with Crippen molar-refractivity contribution in [3.05, 3.63) is 51.6 Å². The molecule has 0 radical (unpaired) electrons. The first kappa shape index (κ1) is 10.2. The molecule has 0 aliphatic rings. The second-order valence-corrected chi connectivity index (χ2v) is 3.99. The first-order valence-corrected chi connectivity index (χ1v) is 5.21. The second kappa shape index (κ2) is 3.53. The van der Waals surface area contributed by atoms with Crippen LogP contribution in [0.25, 0.3) is 22.0 Å². The van der Waals surface area contributed by atoms with Crippen LogP contribution in [0.15, 0.2) is 39.5 Å². The van der Waals surface area contributed by atoms with Crippen molar-refractivity contribution < 1.29 is 8.81 Å². The molecule has 17 heavy (non-hydrogen) atoms. The summed E-state index contributed by atoms with van der Waals surface area (Å²) in [6.07, 6.45) is 0. The van der Waals surface area contributed by atoms with Crippen molar-refractivity contribution in [1.82, 2.24) is 4.98 Å². The fraction of sp³-hybridized carbons (Fsp3) is 0. The van der Waals surface area contributed by atoms with Gasteiger partial charge < -0.3 is 4.42 Å². The SMILES string of the molecule is O=c1cc(Cl)c2nc3ccc(F)cc3cc2o1. The fourth-order valence-corrected chi connectivity index (χ4v) is 1.91. The van der Waals surface area contributed by atoms with E-state index in [2.05, 4.69) is 4.98 Å². The molecule has 0 unspecified atom stereocenters. The highest BCUT2D eigenvalue weighted by atomic mass is 35.5. The van der Waals surface area contributed by atoms with Crippen LogP contribution in [-0.4, -0.2) is 4.98 Å². The lowest BCUT2D eigenvalue weighted by Gasteiger charge is -2.01. The molecular formula is C12H5ClFNO2. The van der Waals surface area contributed by atoms with Gasteiger partial charge in [0.05, 0.1) is 10.5 Å². The Morgan fingerprint density at radius 1 is 1.24 bits per heavy atom. The van der Waals surface area contributed by atoms with E-state index in [1.807, 2.05) is 0 Å². The summed E-state index contributed by atoms with van der Waals surface area (Å²) in [7, 11) is 0. The minimum atomic E-state index is -0.556. The summed E-state index contributed by atoms with van der Waals surface area (Å²) < 4.78 is 18.0. The van der Waals surface area contributed by atoms with E-state index in [1.54, 1.807) is 12.1 Å². The Balaban J connectivity index is 2.52. The van der Waals surface area contributed by atoms with Crippen LogP contribution in [0.3, 0.4) is 0 Å². The summed E-state index contributed by atoms with van der Waals surface area (Å²) in [5.74, 6) is -0.372. The molecule has 2 aromatic heterocycles. The van der Waals surface area contributed by atoms with Crippen LogP contribution in [0.4, 0.5) is 4.39 Å². The van der Waals surface area contributed by atoms with Gasteiger partial charge >= 0.3 is 5.63 Å². The number of rotatable bonds is 0. The zero-order chi connectivity index (χ0) is 12.0. The Labute approximate surface area is 99.4 Å². The van der Waals surface area contributed by atoms with Crippen LogP contribution in [0, 0.1) is 5.82 Å². The van der Waals surface area contributed by atoms with Crippen molar-refractivity contribution in [3.63, 3.8) is 0 Å². The van der Waals surface area contributed by atoms with Gasteiger partial charge in [-0.1, -0.05) is 11.6 Å². The molecular weight excluding hydrogens is 245 g/mol. The summed E-state index contributed by atoms with van der Waals surface area (Å²) in [5.41, 5.74) is 0.681. The number of hydrogen-bond donors (Lipinski definition) is 0. The van der Waals surface area contributed by atoms with Crippen LogP contribution in [0.5, 0.6) is 0 Å². The molecule has 3 rings (SSSR count). The van der Waals surface area contributed by atoms with Crippen LogP contribution >= 0.6 is 11.6 Å². The topological polar surface area (TPSA) is 43.1 Å². The molecule has 0 bridgehead atoms. The molecule has 0 N–H and O–H groups in total. The van der Waals surface area contributed by atoms with Gasteiger partial charge in [0.2, 0.25) is 0 Å². The summed E-state index contributed by atoms with van der Waals surface area (Å²) in [6.45, 7) is 0. The van der Waals surface area contributed by atoms with Gasteiger partial charge in [-0.25, -0.2) is 14.2 Å². The standard InChI is InChI=1S/C12H5ClFNO2/c13-8-5-11(16)17-10-4-6-3-7(14)1-2-9(6)15-12(8)10/h1-5H. The monoisotopic (exact) mass is 249 g/mol. The molecule has 0 atom stereocenters. The molecule has 0 saturated carbocycles. The molecule has 0 fully saturated rings. The normalized spacial score (nSPS) is 11.2. The van der Waals surface area contributed by atoms with Crippen LogP contribution < -0.4 is 5.63 Å². The van der Waals surface area contributed by atoms with Crippen LogP contribution in [0.1, 0.15) is 0 Å². The smallest absolute Gasteiger partial charge is 0.337 e. The maximum atomic E-state index is 13.0. The Morgan fingerprint density at radius 2 is 2.06 bits per heavy atom. The summed E-state index contributed by atoms with van der Waals surface area (Å²) >= 11 is 5.90. The molecule has 1 aromatic carbocycles. The predicted octanol–water partition coefficient (Wildman–Crippen LogP) is 3.13. The van der Waals surface area contributed by atoms with Crippen molar-refractivity contribution in [2.75, 3.05) is 0 Å². The summed E-state index contributed by atoms with van der Waals surface area (Å²) in [4.78, 5) is 15.4. The highest BCUT2D eigenvalue weighted by Gasteiger charge is 2.07. The lowest BCUT2D eigenvalue weighted by atomic mass is 10.2. The Kier molecular flexibility index (Phi) is 2.12. The molecule has 0 amide bonds. The summed E-state index contributed by atoms with van der Waals surface area (Å²) in [5, 5.41) is 0.783. The molecule has 0 spiro atoms. The molecule has 0 aliphatic heterocycles. The average molecular weight is 250 g/mol. The zero-order valence-electron chi connectivity index (χ0n) is 8.41. The molecule has 3 aromatic rings. The highest BCUT2D eigenvalue weighted by Crippen LogP contribution is 2.24. The van der Waals surface area contributed by atoms with Gasteiger partial charge in [0.15, 0.2) is 5.58 Å². The lowest BCUT2D eigenvalue weighted by molar-refractivity contribution is 0.560. The van der Waals surface area contributed by atoms with Crippen molar-refractivity contribution >= 4 is 33.6 Å². The maximum Gasteiger partial charge on any atom is 0.337 e. The Bertz CT molecular complexity index is 797.